The molecule has 0 radical (unpaired) electrons. The van der Waals surface area contributed by atoms with E-state index in [-0.39, 0.29) is 12.8 Å². The minimum atomic E-state index is -0.970. The Kier molecular flexibility index (Phi) is 3.91. The Morgan fingerprint density at radius 3 is 2.26 bits per heavy atom. The van der Waals surface area contributed by atoms with Crippen LogP contribution in [0.25, 0.3) is 0 Å². The molecule has 1 aliphatic heterocycles. The molecule has 1 aromatic carbocycles. The van der Waals surface area contributed by atoms with E-state index in [4.69, 9.17) is 9.57 Å². The standard InChI is InChI=1S/C13H13NO5/c1-18-12(9-5-3-2-4-6-9)13(17)19-14-10(15)7-8-11(14)16/h2-6,12H,7-8H2,1H3/t12-/m0/s1. The van der Waals surface area contributed by atoms with Gasteiger partial charge in [-0.3, -0.25) is 9.59 Å². The second kappa shape index (κ2) is 5.62. The van der Waals surface area contributed by atoms with Gasteiger partial charge in [0.1, 0.15) is 0 Å². The number of rotatable bonds is 4. The van der Waals surface area contributed by atoms with E-state index in [0.29, 0.717) is 10.6 Å². The summed E-state index contributed by atoms with van der Waals surface area (Å²) in [6.07, 6.45) is -0.841. The summed E-state index contributed by atoms with van der Waals surface area (Å²) in [7, 11) is 1.35. The van der Waals surface area contributed by atoms with E-state index in [0.717, 1.165) is 0 Å². The highest BCUT2D eigenvalue weighted by Crippen LogP contribution is 2.20. The molecule has 0 bridgehead atoms. The van der Waals surface area contributed by atoms with Crippen molar-refractivity contribution in [1.82, 2.24) is 5.06 Å². The van der Waals surface area contributed by atoms with Crippen molar-refractivity contribution in [3.05, 3.63) is 35.9 Å². The highest BCUT2D eigenvalue weighted by Gasteiger charge is 2.35. The topological polar surface area (TPSA) is 72.9 Å². The van der Waals surface area contributed by atoms with Gasteiger partial charge in [0.05, 0.1) is 0 Å². The second-order valence-corrected chi connectivity index (χ2v) is 4.02. The molecule has 6 nitrogen and oxygen atoms in total. The number of amides is 2. The van der Waals surface area contributed by atoms with E-state index in [2.05, 4.69) is 0 Å². The lowest BCUT2D eigenvalue weighted by atomic mass is 10.1. The number of hydrogen-bond donors (Lipinski definition) is 0. The van der Waals surface area contributed by atoms with Gasteiger partial charge < -0.3 is 9.57 Å². The molecule has 0 saturated carbocycles. The number of carbonyl (C=O) groups is 3. The fourth-order valence-corrected chi connectivity index (χ4v) is 1.79. The van der Waals surface area contributed by atoms with Crippen molar-refractivity contribution in [3.8, 4) is 0 Å². The van der Waals surface area contributed by atoms with Crippen LogP contribution in [0, 0.1) is 0 Å². The van der Waals surface area contributed by atoms with Crippen molar-refractivity contribution in [2.45, 2.75) is 18.9 Å². The summed E-state index contributed by atoms with van der Waals surface area (Å²) >= 11 is 0. The Balaban J connectivity index is 2.10. The van der Waals surface area contributed by atoms with E-state index in [1.165, 1.54) is 7.11 Å². The predicted molar refractivity (Wildman–Crippen MR) is 63.4 cm³/mol. The van der Waals surface area contributed by atoms with Crippen LogP contribution in [0.5, 0.6) is 0 Å². The average molecular weight is 263 g/mol. The van der Waals surface area contributed by atoms with Crippen molar-refractivity contribution in [1.29, 1.82) is 0 Å². The lowest BCUT2D eigenvalue weighted by Gasteiger charge is -2.18. The van der Waals surface area contributed by atoms with E-state index in [1.807, 2.05) is 0 Å². The average Bonchev–Trinajstić information content (AvgIpc) is 2.73. The maximum atomic E-state index is 11.9. The molecule has 1 heterocycles. The van der Waals surface area contributed by atoms with Crippen molar-refractivity contribution in [2.75, 3.05) is 7.11 Å². The lowest BCUT2D eigenvalue weighted by molar-refractivity contribution is -0.204. The van der Waals surface area contributed by atoms with Gasteiger partial charge in [0.25, 0.3) is 11.8 Å². The molecule has 2 rings (SSSR count). The van der Waals surface area contributed by atoms with Gasteiger partial charge in [-0.1, -0.05) is 30.3 Å². The van der Waals surface area contributed by atoms with Crippen LogP contribution >= 0.6 is 0 Å². The molecule has 0 aliphatic carbocycles. The second-order valence-electron chi connectivity index (χ2n) is 4.02. The van der Waals surface area contributed by atoms with Gasteiger partial charge in [0.2, 0.25) is 0 Å². The number of imide groups is 1. The van der Waals surface area contributed by atoms with Gasteiger partial charge in [-0.25, -0.2) is 4.79 Å². The minimum Gasteiger partial charge on any atom is -0.365 e. The molecular formula is C13H13NO5. The maximum Gasteiger partial charge on any atom is 0.366 e. The van der Waals surface area contributed by atoms with Crippen LogP contribution < -0.4 is 0 Å². The van der Waals surface area contributed by atoms with Gasteiger partial charge >= 0.3 is 5.97 Å². The molecule has 1 aliphatic rings. The van der Waals surface area contributed by atoms with Crippen LogP contribution in [0.4, 0.5) is 0 Å². The third-order valence-electron chi connectivity index (χ3n) is 2.74. The van der Waals surface area contributed by atoms with Crippen molar-refractivity contribution in [3.63, 3.8) is 0 Å². The third kappa shape index (κ3) is 2.79. The summed E-state index contributed by atoms with van der Waals surface area (Å²) in [4.78, 5) is 39.5. The minimum absolute atomic E-state index is 0.0646. The van der Waals surface area contributed by atoms with E-state index < -0.39 is 23.9 Å². The molecule has 2 amide bonds. The van der Waals surface area contributed by atoms with Gasteiger partial charge in [0, 0.05) is 20.0 Å². The first-order valence-corrected chi connectivity index (χ1v) is 5.79. The molecule has 1 saturated heterocycles. The summed E-state index contributed by atoms with van der Waals surface area (Å²) < 4.78 is 5.06. The Morgan fingerprint density at radius 1 is 1.16 bits per heavy atom. The van der Waals surface area contributed by atoms with Gasteiger partial charge in [0.15, 0.2) is 6.10 Å². The van der Waals surface area contributed by atoms with E-state index in [1.54, 1.807) is 30.3 Å². The van der Waals surface area contributed by atoms with E-state index in [9.17, 15) is 14.4 Å². The zero-order chi connectivity index (χ0) is 13.8. The number of methoxy groups -OCH3 is 1. The monoisotopic (exact) mass is 263 g/mol. The van der Waals surface area contributed by atoms with Crippen molar-refractivity contribution in [2.24, 2.45) is 0 Å². The molecule has 1 fully saturated rings. The molecule has 100 valence electrons. The summed E-state index contributed by atoms with van der Waals surface area (Å²) in [6, 6.07) is 8.70. The molecule has 1 atom stereocenters. The summed E-state index contributed by atoms with van der Waals surface area (Å²) in [5.41, 5.74) is 0.592. The molecule has 6 heteroatoms. The summed E-state index contributed by atoms with van der Waals surface area (Å²) in [6.45, 7) is 0. The Labute approximate surface area is 109 Å². The first-order valence-electron chi connectivity index (χ1n) is 5.79. The molecular weight excluding hydrogens is 250 g/mol. The van der Waals surface area contributed by atoms with Gasteiger partial charge in [-0.15, -0.1) is 5.06 Å². The van der Waals surface area contributed by atoms with Crippen molar-refractivity contribution < 1.29 is 24.0 Å². The van der Waals surface area contributed by atoms with Crippen LogP contribution in [0.2, 0.25) is 0 Å². The molecule has 0 aromatic heterocycles. The largest absolute Gasteiger partial charge is 0.366 e. The Hall–Kier alpha value is -2.21. The van der Waals surface area contributed by atoms with E-state index >= 15 is 0 Å². The smallest absolute Gasteiger partial charge is 0.365 e. The first kappa shape index (κ1) is 13.2. The zero-order valence-electron chi connectivity index (χ0n) is 10.4. The molecule has 19 heavy (non-hydrogen) atoms. The fraction of sp³-hybridized carbons (Fsp3) is 0.308. The first-order chi connectivity index (χ1) is 9.13. The van der Waals surface area contributed by atoms with Crippen LogP contribution in [0.1, 0.15) is 24.5 Å². The third-order valence-corrected chi connectivity index (χ3v) is 2.74. The number of hydroxylamine groups is 2. The summed E-state index contributed by atoms with van der Waals surface area (Å²) in [5.74, 6) is -1.82. The number of nitrogens with zero attached hydrogens (tertiary/aromatic N) is 1. The number of ether oxygens (including phenoxy) is 1. The SMILES string of the molecule is CO[C@H](C(=O)ON1C(=O)CCC1=O)c1ccccc1. The van der Waals surface area contributed by atoms with Crippen molar-refractivity contribution >= 4 is 17.8 Å². The molecule has 1 aromatic rings. The molecule has 0 unspecified atom stereocenters. The Morgan fingerprint density at radius 2 is 1.74 bits per heavy atom. The van der Waals surface area contributed by atoms with Crippen LogP contribution in [0.15, 0.2) is 30.3 Å². The maximum absolute atomic E-state index is 11.9. The van der Waals surface area contributed by atoms with Crippen LogP contribution in [-0.2, 0) is 24.0 Å². The zero-order valence-corrected chi connectivity index (χ0v) is 10.4. The normalized spacial score (nSPS) is 16.6. The Bertz CT molecular complexity index is 483. The fourth-order valence-electron chi connectivity index (χ4n) is 1.79. The lowest BCUT2D eigenvalue weighted by Crippen LogP contribution is -2.34. The number of carbonyl (C=O) groups excluding carboxylic acids is 3. The quantitative estimate of drug-likeness (QED) is 0.757. The highest BCUT2D eigenvalue weighted by molar-refractivity contribution is 6.01. The predicted octanol–water partition coefficient (Wildman–Crippen LogP) is 0.981. The summed E-state index contributed by atoms with van der Waals surface area (Å²) in [5, 5.41) is 0.511. The van der Waals surface area contributed by atoms with Gasteiger partial charge in [-0.2, -0.15) is 0 Å². The van der Waals surface area contributed by atoms with Crippen LogP contribution in [0.3, 0.4) is 0 Å². The number of hydrogen-bond acceptors (Lipinski definition) is 5. The van der Waals surface area contributed by atoms with Crippen LogP contribution in [-0.4, -0.2) is 30.0 Å². The molecule has 0 N–H and O–H groups in total. The highest BCUT2D eigenvalue weighted by atomic mass is 16.7. The molecule has 0 spiro atoms. The number of benzene rings is 1. The van der Waals surface area contributed by atoms with Gasteiger partial charge in [-0.05, 0) is 5.56 Å².